The number of nitrogens with one attached hydrogen (secondary N) is 1. The number of hydrogen-bond donors (Lipinski definition) is 1. The molecule has 3 heterocycles. The van der Waals surface area contributed by atoms with E-state index in [1.54, 1.807) is 0 Å². The zero-order chi connectivity index (χ0) is 13.4. The molecule has 0 saturated heterocycles. The Kier molecular flexibility index (Phi) is 4.90. The van der Waals surface area contributed by atoms with Crippen LogP contribution in [0.25, 0.3) is 5.65 Å². The molecule has 3 rings (SSSR count). The molecule has 20 heavy (non-hydrogen) atoms. The fraction of sp³-hybridized carbons (Fsp3) is 0.385. The molecule has 0 radical (unpaired) electrons. The van der Waals surface area contributed by atoms with Gasteiger partial charge in [-0.3, -0.25) is 4.99 Å². The molecule has 1 aliphatic heterocycles. The van der Waals surface area contributed by atoms with E-state index in [0.29, 0.717) is 6.54 Å². The van der Waals surface area contributed by atoms with E-state index < -0.39 is 0 Å². The van der Waals surface area contributed by atoms with E-state index in [1.165, 1.54) is 0 Å². The summed E-state index contributed by atoms with van der Waals surface area (Å²) in [6, 6.07) is 2.08. The number of aliphatic imine (C=N–C) groups is 1. The number of aryl methyl sites for hydroxylation is 1. The molecular weight excluding hydrogens is 433 g/mol. The lowest BCUT2D eigenvalue weighted by molar-refractivity contribution is 0.533. The van der Waals surface area contributed by atoms with E-state index in [1.807, 2.05) is 13.2 Å². The third kappa shape index (κ3) is 3.08. The van der Waals surface area contributed by atoms with Crippen LogP contribution in [0.4, 0.5) is 0 Å². The maximum Gasteiger partial charge on any atom is 0.194 e. The van der Waals surface area contributed by atoms with Crippen LogP contribution in [-0.2, 0) is 6.54 Å². The Balaban J connectivity index is 0.00000147. The number of aromatic nitrogens is 2. The normalized spacial score (nSPS) is 14.3. The first-order chi connectivity index (χ1) is 9.13. The molecule has 7 heteroatoms. The van der Waals surface area contributed by atoms with E-state index in [0.717, 1.165) is 40.4 Å². The number of pyridine rings is 1. The minimum absolute atomic E-state index is 0. The third-order valence-electron chi connectivity index (χ3n) is 3.24. The fourth-order valence-electron chi connectivity index (χ4n) is 2.25. The van der Waals surface area contributed by atoms with Crippen LogP contribution in [0.1, 0.15) is 11.3 Å². The smallest absolute Gasteiger partial charge is 0.194 e. The molecule has 0 aromatic carbocycles. The van der Waals surface area contributed by atoms with Gasteiger partial charge in [-0.2, -0.15) is 0 Å². The summed E-state index contributed by atoms with van der Waals surface area (Å²) >= 11 is 3.50. The van der Waals surface area contributed by atoms with E-state index in [2.05, 4.69) is 59.7 Å². The molecule has 0 amide bonds. The quantitative estimate of drug-likeness (QED) is 0.716. The van der Waals surface area contributed by atoms with Crippen LogP contribution in [-0.4, -0.2) is 40.4 Å². The van der Waals surface area contributed by atoms with Gasteiger partial charge >= 0.3 is 0 Å². The van der Waals surface area contributed by atoms with Crippen molar-refractivity contribution in [2.75, 3.05) is 20.1 Å². The van der Waals surface area contributed by atoms with Crippen LogP contribution in [0, 0.1) is 6.92 Å². The number of nitrogens with zero attached hydrogens (tertiary/aromatic N) is 4. The molecule has 0 bridgehead atoms. The predicted octanol–water partition coefficient (Wildman–Crippen LogP) is 2.41. The van der Waals surface area contributed by atoms with Gasteiger partial charge in [0.2, 0.25) is 0 Å². The SMILES string of the molecule is Cc1cc(Br)cn2cc(CNC3=NCCN3C)nc12.I. The number of likely N-dealkylation sites (N-methyl/N-ethyl adjacent to an activating group) is 1. The summed E-state index contributed by atoms with van der Waals surface area (Å²) in [5, 5.41) is 3.33. The minimum Gasteiger partial charge on any atom is -0.351 e. The standard InChI is InChI=1S/C13H16BrN5.HI/c1-9-5-10(14)7-19-8-11(17-12(9)19)6-16-13-15-3-4-18(13)2;/h5,7-8H,3-4,6H2,1-2H3,(H,15,16);1H. The Hall–Kier alpha value is -0.830. The molecule has 1 aliphatic rings. The lowest BCUT2D eigenvalue weighted by atomic mass is 10.3. The largest absolute Gasteiger partial charge is 0.351 e. The number of hydrogen-bond acceptors (Lipinski definition) is 4. The van der Waals surface area contributed by atoms with E-state index >= 15 is 0 Å². The highest BCUT2D eigenvalue weighted by Gasteiger charge is 2.12. The molecule has 5 nitrogen and oxygen atoms in total. The van der Waals surface area contributed by atoms with Crippen molar-refractivity contribution in [1.82, 2.24) is 19.6 Å². The highest BCUT2D eigenvalue weighted by atomic mass is 127. The van der Waals surface area contributed by atoms with Crippen molar-refractivity contribution in [2.45, 2.75) is 13.5 Å². The van der Waals surface area contributed by atoms with Crippen LogP contribution in [0.15, 0.2) is 27.9 Å². The minimum atomic E-state index is 0. The molecule has 0 saturated carbocycles. The van der Waals surface area contributed by atoms with Crippen LogP contribution < -0.4 is 5.32 Å². The van der Waals surface area contributed by atoms with E-state index in [-0.39, 0.29) is 24.0 Å². The highest BCUT2D eigenvalue weighted by molar-refractivity contribution is 14.0. The molecule has 0 spiro atoms. The van der Waals surface area contributed by atoms with Gasteiger partial charge in [0.05, 0.1) is 18.8 Å². The molecule has 2 aromatic rings. The molecule has 1 N–H and O–H groups in total. The van der Waals surface area contributed by atoms with Crippen molar-refractivity contribution in [2.24, 2.45) is 4.99 Å². The molecule has 2 aromatic heterocycles. The third-order valence-corrected chi connectivity index (χ3v) is 3.67. The summed E-state index contributed by atoms with van der Waals surface area (Å²) in [6.07, 6.45) is 4.08. The molecule has 0 fully saturated rings. The molecular formula is C13H17BrIN5. The van der Waals surface area contributed by atoms with Crippen molar-refractivity contribution in [3.8, 4) is 0 Å². The van der Waals surface area contributed by atoms with Gasteiger partial charge in [-0.25, -0.2) is 4.98 Å². The summed E-state index contributed by atoms with van der Waals surface area (Å²) < 4.78 is 3.12. The molecule has 108 valence electrons. The van der Waals surface area contributed by atoms with Gasteiger partial charge < -0.3 is 14.6 Å². The van der Waals surface area contributed by atoms with Gasteiger partial charge in [-0.15, -0.1) is 24.0 Å². The average Bonchev–Trinajstić information content (AvgIpc) is 2.92. The Bertz CT molecular complexity index is 651. The molecule has 0 aliphatic carbocycles. The summed E-state index contributed by atoms with van der Waals surface area (Å²) in [7, 11) is 2.05. The zero-order valence-electron chi connectivity index (χ0n) is 11.4. The Morgan fingerprint density at radius 3 is 2.90 bits per heavy atom. The summed E-state index contributed by atoms with van der Waals surface area (Å²) in [5.41, 5.74) is 3.18. The van der Waals surface area contributed by atoms with Crippen molar-refractivity contribution >= 4 is 51.5 Å². The topological polar surface area (TPSA) is 44.9 Å². The predicted molar refractivity (Wildman–Crippen MR) is 94.8 cm³/mol. The lowest BCUT2D eigenvalue weighted by Gasteiger charge is -2.14. The van der Waals surface area contributed by atoms with E-state index in [9.17, 15) is 0 Å². The van der Waals surface area contributed by atoms with Gasteiger partial charge in [0, 0.05) is 30.5 Å². The summed E-state index contributed by atoms with van der Waals surface area (Å²) in [4.78, 5) is 11.2. The molecule has 0 atom stereocenters. The number of fused-ring (bicyclic) bond motifs is 1. The second kappa shape index (κ2) is 6.30. The van der Waals surface area contributed by atoms with E-state index in [4.69, 9.17) is 0 Å². The highest BCUT2D eigenvalue weighted by Crippen LogP contribution is 2.17. The van der Waals surface area contributed by atoms with Gasteiger partial charge in [-0.05, 0) is 34.5 Å². The van der Waals surface area contributed by atoms with Crippen LogP contribution in [0.2, 0.25) is 0 Å². The van der Waals surface area contributed by atoms with Gasteiger partial charge in [-0.1, -0.05) is 0 Å². The van der Waals surface area contributed by atoms with Crippen molar-refractivity contribution in [3.63, 3.8) is 0 Å². The van der Waals surface area contributed by atoms with Crippen LogP contribution in [0.5, 0.6) is 0 Å². The second-order valence-electron chi connectivity index (χ2n) is 4.78. The second-order valence-corrected chi connectivity index (χ2v) is 5.70. The first-order valence-electron chi connectivity index (χ1n) is 6.26. The van der Waals surface area contributed by atoms with Crippen LogP contribution in [0.3, 0.4) is 0 Å². The van der Waals surface area contributed by atoms with Gasteiger partial charge in [0.1, 0.15) is 5.65 Å². The molecule has 0 unspecified atom stereocenters. The number of guanidine groups is 1. The monoisotopic (exact) mass is 449 g/mol. The fourth-order valence-corrected chi connectivity index (χ4v) is 2.82. The maximum absolute atomic E-state index is 4.65. The van der Waals surface area contributed by atoms with Crippen molar-refractivity contribution in [1.29, 1.82) is 0 Å². The number of imidazole rings is 1. The summed E-state index contributed by atoms with van der Waals surface area (Å²) in [6.45, 7) is 4.62. The van der Waals surface area contributed by atoms with Crippen molar-refractivity contribution in [3.05, 3.63) is 34.2 Å². The Morgan fingerprint density at radius 1 is 1.40 bits per heavy atom. The Labute approximate surface area is 143 Å². The van der Waals surface area contributed by atoms with Gasteiger partial charge in [0.25, 0.3) is 0 Å². The maximum atomic E-state index is 4.65. The Morgan fingerprint density at radius 2 is 2.20 bits per heavy atom. The zero-order valence-corrected chi connectivity index (χ0v) is 15.3. The first-order valence-corrected chi connectivity index (χ1v) is 7.06. The average molecular weight is 450 g/mol. The lowest BCUT2D eigenvalue weighted by Crippen LogP contribution is -2.35. The summed E-state index contributed by atoms with van der Waals surface area (Å²) in [5.74, 6) is 0.954. The van der Waals surface area contributed by atoms with Crippen LogP contribution >= 0.6 is 39.9 Å². The number of rotatable bonds is 2. The van der Waals surface area contributed by atoms with Gasteiger partial charge in [0.15, 0.2) is 5.96 Å². The first kappa shape index (κ1) is 15.6. The number of halogens is 2. The van der Waals surface area contributed by atoms with Crippen molar-refractivity contribution < 1.29 is 0 Å².